The monoisotopic (exact) mass is 306 g/mol. The first-order chi connectivity index (χ1) is 9.10. The highest BCUT2D eigenvalue weighted by Gasteiger charge is 2.26. The van der Waals surface area contributed by atoms with E-state index in [1.165, 1.54) is 6.42 Å². The van der Waals surface area contributed by atoms with Crippen LogP contribution in [0.4, 0.5) is 0 Å². The third-order valence-electron chi connectivity index (χ3n) is 3.79. The van der Waals surface area contributed by atoms with E-state index in [-0.39, 0.29) is 24.9 Å². The van der Waals surface area contributed by atoms with Gasteiger partial charge in [0, 0.05) is 12.6 Å². The van der Waals surface area contributed by atoms with Crippen molar-refractivity contribution < 1.29 is 14.7 Å². The summed E-state index contributed by atoms with van der Waals surface area (Å²) in [6.45, 7) is 4.98. The van der Waals surface area contributed by atoms with Crippen LogP contribution in [-0.2, 0) is 9.59 Å². The maximum Gasteiger partial charge on any atom is 0.320 e. The third-order valence-corrected chi connectivity index (χ3v) is 3.79. The Balaban J connectivity index is 0.00000361. The first kappa shape index (κ1) is 19.2. The second kappa shape index (κ2) is 10.00. The van der Waals surface area contributed by atoms with E-state index in [1.807, 2.05) is 11.8 Å². The lowest BCUT2D eigenvalue weighted by molar-refractivity contribution is -0.140. The minimum absolute atomic E-state index is 0. The zero-order valence-electron chi connectivity index (χ0n) is 12.4. The zero-order valence-corrected chi connectivity index (χ0v) is 13.2. The quantitative estimate of drug-likeness (QED) is 0.755. The second-order valence-electron chi connectivity index (χ2n) is 5.21. The van der Waals surface area contributed by atoms with Crippen LogP contribution in [0.1, 0.15) is 52.4 Å². The van der Waals surface area contributed by atoms with Gasteiger partial charge in [-0.25, -0.2) is 0 Å². The van der Waals surface area contributed by atoms with Crippen LogP contribution in [0.2, 0.25) is 0 Å². The molecule has 2 unspecified atom stereocenters. The van der Waals surface area contributed by atoms with E-state index >= 15 is 0 Å². The molecule has 1 fully saturated rings. The molecule has 0 aromatic rings. The number of aliphatic carboxylic acids is 1. The molecule has 20 heavy (non-hydrogen) atoms. The molecular formula is C14H27ClN2O3. The number of piperidine rings is 1. The van der Waals surface area contributed by atoms with Gasteiger partial charge in [0.05, 0.1) is 6.54 Å². The number of amides is 1. The SMILES string of the molecule is CCCC(NCC(=O)N1CCCCC1CC)C(=O)O.Cl. The lowest BCUT2D eigenvalue weighted by Crippen LogP contribution is -2.49. The van der Waals surface area contributed by atoms with Crippen LogP contribution in [0.15, 0.2) is 0 Å². The van der Waals surface area contributed by atoms with Gasteiger partial charge in [-0.05, 0) is 32.1 Å². The Hall–Kier alpha value is -0.810. The molecule has 0 aromatic carbocycles. The molecule has 0 bridgehead atoms. The summed E-state index contributed by atoms with van der Waals surface area (Å²) >= 11 is 0. The van der Waals surface area contributed by atoms with Crippen molar-refractivity contribution in [1.82, 2.24) is 10.2 Å². The predicted octanol–water partition coefficient (Wildman–Crippen LogP) is 2.04. The fourth-order valence-corrected chi connectivity index (χ4v) is 2.67. The van der Waals surface area contributed by atoms with Crippen LogP contribution in [0.3, 0.4) is 0 Å². The van der Waals surface area contributed by atoms with Gasteiger partial charge < -0.3 is 10.0 Å². The van der Waals surface area contributed by atoms with Crippen molar-refractivity contribution >= 4 is 24.3 Å². The Kier molecular flexibility index (Phi) is 9.59. The lowest BCUT2D eigenvalue weighted by atomic mass is 10.00. The highest BCUT2D eigenvalue weighted by atomic mass is 35.5. The van der Waals surface area contributed by atoms with Gasteiger partial charge in [-0.3, -0.25) is 14.9 Å². The number of carboxylic acid groups (broad SMARTS) is 1. The smallest absolute Gasteiger partial charge is 0.320 e. The van der Waals surface area contributed by atoms with E-state index in [9.17, 15) is 9.59 Å². The Morgan fingerprint density at radius 1 is 1.35 bits per heavy atom. The van der Waals surface area contributed by atoms with Gasteiger partial charge in [0.2, 0.25) is 5.91 Å². The van der Waals surface area contributed by atoms with Crippen molar-refractivity contribution in [3.8, 4) is 0 Å². The fourth-order valence-electron chi connectivity index (χ4n) is 2.67. The Morgan fingerprint density at radius 2 is 2.05 bits per heavy atom. The number of hydrogen-bond acceptors (Lipinski definition) is 3. The molecule has 0 aliphatic carbocycles. The van der Waals surface area contributed by atoms with E-state index in [4.69, 9.17) is 5.11 Å². The summed E-state index contributed by atoms with van der Waals surface area (Å²) in [6, 6.07) is -0.281. The molecule has 1 aliphatic rings. The van der Waals surface area contributed by atoms with Crippen molar-refractivity contribution in [2.75, 3.05) is 13.1 Å². The van der Waals surface area contributed by atoms with Gasteiger partial charge in [-0.1, -0.05) is 20.3 Å². The van der Waals surface area contributed by atoms with Crippen molar-refractivity contribution in [3.63, 3.8) is 0 Å². The molecular weight excluding hydrogens is 280 g/mol. The van der Waals surface area contributed by atoms with Crippen LogP contribution < -0.4 is 5.32 Å². The molecule has 2 atom stereocenters. The predicted molar refractivity (Wildman–Crippen MR) is 81.2 cm³/mol. The van der Waals surface area contributed by atoms with Crippen LogP contribution in [-0.4, -0.2) is 47.1 Å². The van der Waals surface area contributed by atoms with Crippen molar-refractivity contribution in [1.29, 1.82) is 0 Å². The molecule has 1 aliphatic heterocycles. The van der Waals surface area contributed by atoms with Crippen molar-refractivity contribution in [3.05, 3.63) is 0 Å². The summed E-state index contributed by atoms with van der Waals surface area (Å²) in [6.07, 6.45) is 5.63. The number of carboxylic acids is 1. The number of rotatable bonds is 7. The van der Waals surface area contributed by atoms with Gasteiger partial charge in [0.25, 0.3) is 0 Å². The first-order valence-corrected chi connectivity index (χ1v) is 7.35. The summed E-state index contributed by atoms with van der Waals surface area (Å²) < 4.78 is 0. The molecule has 1 amide bonds. The van der Waals surface area contributed by atoms with E-state index < -0.39 is 12.0 Å². The van der Waals surface area contributed by atoms with Gasteiger partial charge in [-0.15, -0.1) is 12.4 Å². The molecule has 1 saturated heterocycles. The highest BCUT2D eigenvalue weighted by Crippen LogP contribution is 2.19. The third kappa shape index (κ3) is 5.67. The van der Waals surface area contributed by atoms with E-state index in [0.717, 1.165) is 32.2 Å². The maximum absolute atomic E-state index is 12.2. The first-order valence-electron chi connectivity index (χ1n) is 7.35. The van der Waals surface area contributed by atoms with Crippen molar-refractivity contribution in [2.24, 2.45) is 0 Å². The number of halogens is 1. The van der Waals surface area contributed by atoms with Gasteiger partial charge in [-0.2, -0.15) is 0 Å². The summed E-state index contributed by atoms with van der Waals surface area (Å²) in [4.78, 5) is 25.1. The van der Waals surface area contributed by atoms with E-state index in [1.54, 1.807) is 0 Å². The van der Waals surface area contributed by atoms with Crippen LogP contribution in [0.25, 0.3) is 0 Å². The molecule has 1 heterocycles. The molecule has 0 aromatic heterocycles. The normalized spacial score (nSPS) is 20.1. The number of nitrogens with zero attached hydrogens (tertiary/aromatic N) is 1. The fraction of sp³-hybridized carbons (Fsp3) is 0.857. The standard InChI is InChI=1S/C14H26N2O3.ClH/c1-3-7-12(14(18)19)15-10-13(17)16-9-6-5-8-11(16)4-2;/h11-12,15H,3-10H2,1-2H3,(H,18,19);1H. The topological polar surface area (TPSA) is 69.6 Å². The summed E-state index contributed by atoms with van der Waals surface area (Å²) in [5.41, 5.74) is 0. The number of carbonyl (C=O) groups excluding carboxylic acids is 1. The lowest BCUT2D eigenvalue weighted by Gasteiger charge is -2.35. The number of carbonyl (C=O) groups is 2. The van der Waals surface area contributed by atoms with Crippen molar-refractivity contribution in [2.45, 2.75) is 64.5 Å². The molecule has 118 valence electrons. The average Bonchev–Trinajstić information content (AvgIpc) is 2.42. The molecule has 0 saturated carbocycles. The van der Waals surface area contributed by atoms with E-state index in [2.05, 4.69) is 12.2 Å². The van der Waals surface area contributed by atoms with Crippen LogP contribution in [0.5, 0.6) is 0 Å². The molecule has 0 spiro atoms. The minimum Gasteiger partial charge on any atom is -0.480 e. The molecule has 0 radical (unpaired) electrons. The summed E-state index contributed by atoms with van der Waals surface area (Å²) in [7, 11) is 0. The summed E-state index contributed by atoms with van der Waals surface area (Å²) in [5, 5.41) is 11.9. The number of likely N-dealkylation sites (tertiary alicyclic amines) is 1. The zero-order chi connectivity index (χ0) is 14.3. The van der Waals surface area contributed by atoms with Gasteiger partial charge >= 0.3 is 5.97 Å². The summed E-state index contributed by atoms with van der Waals surface area (Å²) in [5.74, 6) is -0.839. The highest BCUT2D eigenvalue weighted by molar-refractivity contribution is 5.85. The molecule has 2 N–H and O–H groups in total. The molecule has 1 rings (SSSR count). The minimum atomic E-state index is -0.875. The number of nitrogens with one attached hydrogen (secondary N) is 1. The average molecular weight is 307 g/mol. The Bertz CT molecular complexity index is 313. The molecule has 5 nitrogen and oxygen atoms in total. The Morgan fingerprint density at radius 3 is 2.60 bits per heavy atom. The number of hydrogen-bond donors (Lipinski definition) is 2. The maximum atomic E-state index is 12.2. The van der Waals surface area contributed by atoms with Crippen LogP contribution >= 0.6 is 12.4 Å². The second-order valence-corrected chi connectivity index (χ2v) is 5.21. The Labute approximate surface area is 127 Å². The van der Waals surface area contributed by atoms with E-state index in [0.29, 0.717) is 12.5 Å². The van der Waals surface area contributed by atoms with Gasteiger partial charge in [0.1, 0.15) is 6.04 Å². The van der Waals surface area contributed by atoms with Gasteiger partial charge in [0.15, 0.2) is 0 Å². The molecule has 6 heteroatoms. The van der Waals surface area contributed by atoms with Crippen LogP contribution in [0, 0.1) is 0 Å². The largest absolute Gasteiger partial charge is 0.480 e.